The summed E-state index contributed by atoms with van der Waals surface area (Å²) in [7, 11) is 0. The molecule has 36 heavy (non-hydrogen) atoms. The maximum Gasteiger partial charge on any atom is 0.422 e. The molecule has 1 aliphatic rings. The van der Waals surface area contributed by atoms with Crippen LogP contribution in [-0.2, 0) is 4.74 Å². The molecule has 0 aliphatic carbocycles. The monoisotopic (exact) mass is 541 g/mol. The topological polar surface area (TPSA) is 89.9 Å². The maximum atomic E-state index is 12.7. The number of anilines is 1. The van der Waals surface area contributed by atoms with Gasteiger partial charge in [0.05, 0.1) is 28.0 Å². The Bertz CT molecular complexity index is 1360. The fraction of sp³-hybridized carbons (Fsp3) is 0.261. The zero-order chi connectivity index (χ0) is 26.0. The van der Waals surface area contributed by atoms with E-state index >= 15 is 0 Å². The van der Waals surface area contributed by atoms with E-state index in [2.05, 4.69) is 10.1 Å². The van der Waals surface area contributed by atoms with Gasteiger partial charge in [-0.3, -0.25) is 19.1 Å². The molecule has 0 saturated carbocycles. The molecule has 1 N–H and O–H groups in total. The number of nitrogens with zero attached hydrogens (tertiary/aromatic N) is 2. The van der Waals surface area contributed by atoms with E-state index < -0.39 is 36.3 Å². The van der Waals surface area contributed by atoms with E-state index in [4.69, 9.17) is 16.3 Å². The van der Waals surface area contributed by atoms with Crippen LogP contribution in [0, 0.1) is 6.92 Å². The molecule has 4 rings (SSSR count). The van der Waals surface area contributed by atoms with Crippen molar-refractivity contribution in [3.8, 4) is 11.4 Å². The number of amides is 2. The highest BCUT2D eigenvalue weighted by atomic mass is 35.5. The van der Waals surface area contributed by atoms with Gasteiger partial charge in [0.15, 0.2) is 12.4 Å². The fourth-order valence-electron chi connectivity index (χ4n) is 3.58. The summed E-state index contributed by atoms with van der Waals surface area (Å²) in [5.74, 6) is -0.760. The van der Waals surface area contributed by atoms with E-state index in [1.807, 2.05) is 0 Å². The molecule has 3 aromatic rings. The van der Waals surface area contributed by atoms with Gasteiger partial charge in [0.2, 0.25) is 0 Å². The van der Waals surface area contributed by atoms with Crippen molar-refractivity contribution in [2.24, 2.45) is 0 Å². The first-order valence-electron chi connectivity index (χ1n) is 10.6. The third-order valence-corrected chi connectivity index (χ3v) is 6.45. The number of nitrogens with one attached hydrogen (secondary N) is 1. The summed E-state index contributed by atoms with van der Waals surface area (Å²) in [6.07, 6.45) is -4.34. The lowest BCUT2D eigenvalue weighted by Crippen LogP contribution is -2.34. The Balaban J connectivity index is 1.45. The Labute approximate surface area is 211 Å². The minimum atomic E-state index is -4.58. The van der Waals surface area contributed by atoms with E-state index in [1.165, 1.54) is 27.8 Å². The predicted molar refractivity (Wildman–Crippen MR) is 128 cm³/mol. The summed E-state index contributed by atoms with van der Waals surface area (Å²) >= 11 is 6.98. The first-order chi connectivity index (χ1) is 17.0. The molecule has 0 spiro atoms. The van der Waals surface area contributed by atoms with Crippen molar-refractivity contribution in [3.05, 3.63) is 73.8 Å². The molecule has 2 amide bonds. The van der Waals surface area contributed by atoms with Gasteiger partial charge < -0.3 is 14.8 Å². The molecule has 1 fully saturated rings. The van der Waals surface area contributed by atoms with Crippen LogP contribution < -0.4 is 20.5 Å². The van der Waals surface area contributed by atoms with Gasteiger partial charge >= 0.3 is 12.3 Å². The third-order valence-electron chi connectivity index (χ3n) is 5.22. The highest BCUT2D eigenvalue weighted by Crippen LogP contribution is 2.26. The smallest absolute Gasteiger partial charge is 0.422 e. The lowest BCUT2D eigenvalue weighted by atomic mass is 10.1. The van der Waals surface area contributed by atoms with Crippen LogP contribution >= 0.6 is 22.9 Å². The molecule has 3 heterocycles. The second-order valence-corrected chi connectivity index (χ2v) is 9.57. The SMILES string of the molecule is Cc1cc(N2CC(CNC(=O)c3ccc(Cl)s3)OC2=O)ccc1-n1cccc(OCC(F)(F)F)c1=O. The van der Waals surface area contributed by atoms with Crippen LogP contribution in [0.4, 0.5) is 23.7 Å². The number of aromatic nitrogens is 1. The molecule has 8 nitrogen and oxygen atoms in total. The number of rotatable bonds is 7. The predicted octanol–water partition coefficient (Wildman–Crippen LogP) is 4.56. The number of aryl methyl sites for hydroxylation is 1. The van der Waals surface area contributed by atoms with Crippen LogP contribution in [0.2, 0.25) is 4.34 Å². The van der Waals surface area contributed by atoms with Gasteiger partial charge in [0, 0.05) is 11.9 Å². The highest BCUT2D eigenvalue weighted by Gasteiger charge is 2.33. The van der Waals surface area contributed by atoms with Gasteiger partial charge in [-0.15, -0.1) is 11.3 Å². The molecule has 1 atom stereocenters. The molecule has 1 unspecified atom stereocenters. The van der Waals surface area contributed by atoms with Crippen LogP contribution in [0.15, 0.2) is 53.5 Å². The number of cyclic esters (lactones) is 1. The Morgan fingerprint density at radius 2 is 2.03 bits per heavy atom. The first-order valence-corrected chi connectivity index (χ1v) is 11.8. The third kappa shape index (κ3) is 5.82. The lowest BCUT2D eigenvalue weighted by molar-refractivity contribution is -0.153. The molecule has 1 saturated heterocycles. The van der Waals surface area contributed by atoms with Gasteiger partial charge in [-0.2, -0.15) is 13.2 Å². The van der Waals surface area contributed by atoms with Crippen LogP contribution in [0.25, 0.3) is 5.69 Å². The van der Waals surface area contributed by atoms with Crippen molar-refractivity contribution in [2.45, 2.75) is 19.2 Å². The molecule has 1 aromatic carbocycles. The number of benzene rings is 1. The molecule has 0 radical (unpaired) electrons. The second-order valence-electron chi connectivity index (χ2n) is 7.85. The van der Waals surface area contributed by atoms with Crippen molar-refractivity contribution < 1.29 is 32.2 Å². The number of thiophene rings is 1. The summed E-state index contributed by atoms with van der Waals surface area (Å²) in [5, 5.41) is 2.71. The Kier molecular flexibility index (Phi) is 7.27. The van der Waals surface area contributed by atoms with E-state index in [0.29, 0.717) is 26.2 Å². The zero-order valence-corrected chi connectivity index (χ0v) is 20.2. The molecule has 1 aliphatic heterocycles. The van der Waals surface area contributed by atoms with Crippen molar-refractivity contribution in [3.63, 3.8) is 0 Å². The Morgan fingerprint density at radius 3 is 2.69 bits per heavy atom. The molecule has 13 heteroatoms. The Morgan fingerprint density at radius 1 is 1.25 bits per heavy atom. The molecule has 0 bridgehead atoms. The van der Waals surface area contributed by atoms with Crippen molar-refractivity contribution in [1.82, 2.24) is 9.88 Å². The molecular weight excluding hydrogens is 523 g/mol. The number of carbonyl (C=O) groups excluding carboxylic acids is 2. The largest absolute Gasteiger partial charge is 0.478 e. The normalized spacial score (nSPS) is 15.6. The van der Waals surface area contributed by atoms with Crippen LogP contribution in [0.1, 0.15) is 15.2 Å². The number of carbonyl (C=O) groups is 2. The highest BCUT2D eigenvalue weighted by molar-refractivity contribution is 7.18. The van der Waals surface area contributed by atoms with Gasteiger partial charge in [0.1, 0.15) is 6.10 Å². The minimum absolute atomic E-state index is 0.105. The number of hydrogen-bond acceptors (Lipinski definition) is 6. The fourth-order valence-corrected chi connectivity index (χ4v) is 4.54. The van der Waals surface area contributed by atoms with E-state index in [-0.39, 0.29) is 19.0 Å². The van der Waals surface area contributed by atoms with E-state index in [1.54, 1.807) is 37.3 Å². The van der Waals surface area contributed by atoms with Gasteiger partial charge in [-0.25, -0.2) is 4.79 Å². The number of ether oxygens (including phenoxy) is 2. The van der Waals surface area contributed by atoms with Crippen molar-refractivity contribution in [1.29, 1.82) is 0 Å². The number of halogens is 4. The summed E-state index contributed by atoms with van der Waals surface area (Å²) < 4.78 is 49.1. The van der Waals surface area contributed by atoms with Crippen LogP contribution in [0.5, 0.6) is 5.75 Å². The number of alkyl halides is 3. The van der Waals surface area contributed by atoms with Gasteiger partial charge in [-0.05, 0) is 55.0 Å². The van der Waals surface area contributed by atoms with E-state index in [9.17, 15) is 27.6 Å². The minimum Gasteiger partial charge on any atom is -0.478 e. The summed E-state index contributed by atoms with van der Waals surface area (Å²) in [6, 6.07) is 10.6. The quantitative estimate of drug-likeness (QED) is 0.474. The number of hydrogen-bond donors (Lipinski definition) is 1. The molecular formula is C23H19ClF3N3O5S. The van der Waals surface area contributed by atoms with E-state index in [0.717, 1.165) is 11.3 Å². The van der Waals surface area contributed by atoms with Gasteiger partial charge in [0.25, 0.3) is 11.5 Å². The lowest BCUT2D eigenvalue weighted by Gasteiger charge is -2.17. The maximum absolute atomic E-state index is 12.7. The van der Waals surface area contributed by atoms with Crippen molar-refractivity contribution in [2.75, 3.05) is 24.6 Å². The van der Waals surface area contributed by atoms with Crippen LogP contribution in [0.3, 0.4) is 0 Å². The average molecular weight is 542 g/mol. The van der Waals surface area contributed by atoms with Gasteiger partial charge in [-0.1, -0.05) is 11.6 Å². The van der Waals surface area contributed by atoms with Crippen molar-refractivity contribution >= 4 is 40.6 Å². The summed E-state index contributed by atoms with van der Waals surface area (Å²) in [5.41, 5.74) is 0.743. The molecule has 2 aromatic heterocycles. The second kappa shape index (κ2) is 10.2. The Hall–Kier alpha value is -3.51. The average Bonchev–Trinajstić information content (AvgIpc) is 3.42. The summed E-state index contributed by atoms with van der Waals surface area (Å²) in [6.45, 7) is 0.404. The first kappa shape index (κ1) is 25.6. The standard InChI is InChI=1S/C23H19ClF3N3O5S/c1-13-9-14(4-5-16(13)29-8-2-3-17(21(29)32)34-12-23(25,26)27)30-11-15(35-22(30)33)10-28-20(31)18-6-7-19(24)36-18/h2-9,15H,10-12H2,1H3,(H,28,31). The number of pyridine rings is 1. The molecule has 190 valence electrons. The zero-order valence-electron chi connectivity index (χ0n) is 18.7. The summed E-state index contributed by atoms with van der Waals surface area (Å²) in [4.78, 5) is 39.1. The van der Waals surface area contributed by atoms with Crippen LogP contribution in [-0.4, -0.2) is 48.5 Å².